The molecule has 1 aromatic heterocycles. The van der Waals surface area contributed by atoms with Gasteiger partial charge in [-0.2, -0.15) is 0 Å². The van der Waals surface area contributed by atoms with E-state index in [1.54, 1.807) is 0 Å². The van der Waals surface area contributed by atoms with Gasteiger partial charge < -0.3 is 14.8 Å². The number of aromatic nitrogens is 3. The van der Waals surface area contributed by atoms with Crippen LogP contribution in [0.25, 0.3) is 0 Å². The van der Waals surface area contributed by atoms with Gasteiger partial charge in [-0.1, -0.05) is 37.3 Å². The van der Waals surface area contributed by atoms with Crippen molar-refractivity contribution in [2.24, 2.45) is 0 Å². The Kier molecular flexibility index (Phi) is 4.42. The average Bonchev–Trinajstić information content (AvgIpc) is 3.15. The molecule has 132 valence electrons. The number of hydrogen-bond donors (Lipinski definition) is 1. The van der Waals surface area contributed by atoms with Crippen molar-refractivity contribution >= 4 is 6.03 Å². The second kappa shape index (κ2) is 6.86. The fourth-order valence-electron chi connectivity index (χ4n) is 4.14. The summed E-state index contributed by atoms with van der Waals surface area (Å²) in [6.07, 6.45) is 4.69. The van der Waals surface area contributed by atoms with Crippen LogP contribution in [-0.4, -0.2) is 44.3 Å². The van der Waals surface area contributed by atoms with Crippen LogP contribution in [0.2, 0.25) is 0 Å². The molecule has 2 aliphatic rings. The molecule has 3 heterocycles. The van der Waals surface area contributed by atoms with Gasteiger partial charge in [0.1, 0.15) is 11.6 Å². The van der Waals surface area contributed by atoms with E-state index < -0.39 is 0 Å². The summed E-state index contributed by atoms with van der Waals surface area (Å²) in [6, 6.07) is 10.8. The topological polar surface area (TPSA) is 63.1 Å². The molecule has 2 aliphatic heterocycles. The maximum atomic E-state index is 12.8. The molecule has 4 rings (SSSR count). The standard InChI is InChI=1S/C19H25N5O/c1-2-17-21-22-18-12-15-8-9-16(13-23(17)18)24(15)19(25)20-11-10-14-6-4-3-5-7-14/h3-7,15-16H,2,8-13H2,1H3,(H,20,25). The highest BCUT2D eigenvalue weighted by molar-refractivity contribution is 5.75. The summed E-state index contributed by atoms with van der Waals surface area (Å²) in [5.74, 6) is 2.07. The number of rotatable bonds is 4. The smallest absolute Gasteiger partial charge is 0.317 e. The van der Waals surface area contributed by atoms with E-state index in [2.05, 4.69) is 44.0 Å². The van der Waals surface area contributed by atoms with Crippen molar-refractivity contribution in [3.8, 4) is 0 Å². The fraction of sp³-hybridized carbons (Fsp3) is 0.526. The van der Waals surface area contributed by atoms with Gasteiger partial charge >= 0.3 is 6.03 Å². The summed E-state index contributed by atoms with van der Waals surface area (Å²) >= 11 is 0. The molecule has 0 aliphatic carbocycles. The Morgan fingerprint density at radius 1 is 1.20 bits per heavy atom. The molecular weight excluding hydrogens is 314 g/mol. The molecular formula is C19H25N5O. The van der Waals surface area contributed by atoms with Crippen molar-refractivity contribution in [1.29, 1.82) is 0 Å². The molecule has 1 aromatic carbocycles. The quantitative estimate of drug-likeness (QED) is 0.929. The average molecular weight is 339 g/mol. The summed E-state index contributed by atoms with van der Waals surface area (Å²) < 4.78 is 2.23. The molecule has 2 amide bonds. The lowest BCUT2D eigenvalue weighted by atomic mass is 10.1. The number of urea groups is 1. The first-order valence-electron chi connectivity index (χ1n) is 9.27. The minimum Gasteiger partial charge on any atom is -0.338 e. The highest BCUT2D eigenvalue weighted by Gasteiger charge is 2.40. The molecule has 0 spiro atoms. The number of carbonyl (C=O) groups is 1. The van der Waals surface area contributed by atoms with Crippen LogP contribution in [0.1, 0.15) is 37.0 Å². The lowest BCUT2D eigenvalue weighted by Gasteiger charge is -2.28. The molecule has 2 atom stereocenters. The van der Waals surface area contributed by atoms with Crippen LogP contribution in [0, 0.1) is 0 Å². The van der Waals surface area contributed by atoms with Crippen LogP contribution in [0.5, 0.6) is 0 Å². The van der Waals surface area contributed by atoms with Crippen molar-refractivity contribution in [3.63, 3.8) is 0 Å². The van der Waals surface area contributed by atoms with Crippen molar-refractivity contribution < 1.29 is 4.79 Å². The lowest BCUT2D eigenvalue weighted by Crippen LogP contribution is -2.48. The predicted molar refractivity (Wildman–Crippen MR) is 95.3 cm³/mol. The minimum absolute atomic E-state index is 0.0696. The van der Waals surface area contributed by atoms with E-state index in [1.807, 2.05) is 18.2 Å². The highest BCUT2D eigenvalue weighted by atomic mass is 16.2. The Hall–Kier alpha value is -2.37. The van der Waals surface area contributed by atoms with Gasteiger partial charge in [0.25, 0.3) is 0 Å². The molecule has 6 nitrogen and oxygen atoms in total. The normalized spacial score (nSPS) is 21.7. The fourth-order valence-corrected chi connectivity index (χ4v) is 4.14. The first kappa shape index (κ1) is 16.1. The van der Waals surface area contributed by atoms with Gasteiger partial charge in [-0.05, 0) is 24.8 Å². The molecule has 2 unspecified atom stereocenters. The monoisotopic (exact) mass is 339 g/mol. The van der Waals surface area contributed by atoms with Gasteiger partial charge in [-0.3, -0.25) is 0 Å². The summed E-state index contributed by atoms with van der Waals surface area (Å²) in [5.41, 5.74) is 1.25. The number of nitrogens with zero attached hydrogens (tertiary/aromatic N) is 4. The van der Waals surface area contributed by atoms with Gasteiger partial charge in [-0.25, -0.2) is 4.79 Å². The second-order valence-electron chi connectivity index (χ2n) is 6.96. The van der Waals surface area contributed by atoms with E-state index in [1.165, 1.54) is 5.56 Å². The zero-order valence-electron chi connectivity index (χ0n) is 14.7. The first-order chi connectivity index (χ1) is 12.3. The molecule has 2 bridgehead atoms. The number of carbonyl (C=O) groups excluding carboxylic acids is 1. The van der Waals surface area contributed by atoms with Crippen LogP contribution in [-0.2, 0) is 25.8 Å². The third-order valence-electron chi connectivity index (χ3n) is 5.42. The van der Waals surface area contributed by atoms with E-state index >= 15 is 0 Å². The third kappa shape index (κ3) is 3.13. The van der Waals surface area contributed by atoms with E-state index in [0.29, 0.717) is 6.54 Å². The zero-order chi connectivity index (χ0) is 17.2. The highest BCUT2D eigenvalue weighted by Crippen LogP contribution is 2.31. The Bertz CT molecular complexity index is 742. The van der Waals surface area contributed by atoms with Crippen LogP contribution >= 0.6 is 0 Å². The number of aryl methyl sites for hydroxylation is 1. The van der Waals surface area contributed by atoms with Gasteiger partial charge in [0.15, 0.2) is 0 Å². The second-order valence-corrected chi connectivity index (χ2v) is 6.96. The van der Waals surface area contributed by atoms with Crippen LogP contribution in [0.3, 0.4) is 0 Å². The van der Waals surface area contributed by atoms with Gasteiger partial charge in [0.2, 0.25) is 0 Å². The van der Waals surface area contributed by atoms with Gasteiger partial charge in [0.05, 0.1) is 6.04 Å². The number of fused-ring (bicyclic) bond motifs is 3. The summed E-state index contributed by atoms with van der Waals surface area (Å²) in [5, 5.41) is 11.8. The molecule has 6 heteroatoms. The molecule has 0 radical (unpaired) electrons. The number of hydrogen-bond acceptors (Lipinski definition) is 3. The summed E-state index contributed by atoms with van der Waals surface area (Å²) in [7, 11) is 0. The van der Waals surface area contributed by atoms with Gasteiger partial charge in [0, 0.05) is 32.0 Å². The van der Waals surface area contributed by atoms with Gasteiger partial charge in [-0.15, -0.1) is 10.2 Å². The lowest BCUT2D eigenvalue weighted by molar-refractivity contribution is 0.171. The van der Waals surface area contributed by atoms with E-state index in [-0.39, 0.29) is 18.1 Å². The summed E-state index contributed by atoms with van der Waals surface area (Å²) in [6.45, 7) is 3.60. The molecule has 2 aromatic rings. The number of amides is 2. The maximum Gasteiger partial charge on any atom is 0.317 e. The first-order valence-corrected chi connectivity index (χ1v) is 9.27. The van der Waals surface area contributed by atoms with E-state index in [4.69, 9.17) is 0 Å². The Morgan fingerprint density at radius 2 is 2.00 bits per heavy atom. The Balaban J connectivity index is 1.41. The van der Waals surface area contributed by atoms with Crippen LogP contribution in [0.15, 0.2) is 30.3 Å². The largest absolute Gasteiger partial charge is 0.338 e. The van der Waals surface area contributed by atoms with E-state index in [0.717, 1.165) is 50.3 Å². The Labute approximate surface area is 148 Å². The van der Waals surface area contributed by atoms with Crippen molar-refractivity contribution in [1.82, 2.24) is 25.0 Å². The number of nitrogens with one attached hydrogen (secondary N) is 1. The molecule has 1 saturated heterocycles. The van der Waals surface area contributed by atoms with Crippen molar-refractivity contribution in [2.45, 2.75) is 57.7 Å². The molecule has 25 heavy (non-hydrogen) atoms. The predicted octanol–water partition coefficient (Wildman–Crippen LogP) is 2.18. The minimum atomic E-state index is 0.0696. The Morgan fingerprint density at radius 3 is 2.80 bits per heavy atom. The van der Waals surface area contributed by atoms with Crippen LogP contribution in [0.4, 0.5) is 4.79 Å². The zero-order valence-corrected chi connectivity index (χ0v) is 14.7. The SMILES string of the molecule is CCc1nnc2n1CC1CCC(C2)N1C(=O)NCCc1ccccc1. The molecule has 1 fully saturated rings. The third-order valence-corrected chi connectivity index (χ3v) is 5.42. The van der Waals surface area contributed by atoms with Crippen LogP contribution < -0.4 is 5.32 Å². The molecule has 0 saturated carbocycles. The van der Waals surface area contributed by atoms with Crippen molar-refractivity contribution in [3.05, 3.63) is 47.5 Å². The number of benzene rings is 1. The van der Waals surface area contributed by atoms with E-state index in [9.17, 15) is 4.79 Å². The van der Waals surface area contributed by atoms with Crippen molar-refractivity contribution in [2.75, 3.05) is 6.54 Å². The maximum absolute atomic E-state index is 12.8. The molecule has 1 N–H and O–H groups in total. The summed E-state index contributed by atoms with van der Waals surface area (Å²) in [4.78, 5) is 14.9.